The van der Waals surface area contributed by atoms with Gasteiger partial charge in [-0.3, -0.25) is 14.3 Å². The number of sulfonamides is 1. The van der Waals surface area contributed by atoms with E-state index < -0.39 is 10.0 Å². The fourth-order valence-electron chi connectivity index (χ4n) is 4.06. The molecule has 2 aromatic rings. The largest absolute Gasteiger partial charge is 0.342 e. The number of likely N-dealkylation sites (tertiary alicyclic amines) is 1. The zero-order valence-corrected chi connectivity index (χ0v) is 17.8. The molecule has 2 aliphatic heterocycles. The maximum absolute atomic E-state index is 12.8. The van der Waals surface area contributed by atoms with Crippen LogP contribution < -0.4 is 10.3 Å². The molecule has 2 aliphatic rings. The van der Waals surface area contributed by atoms with Gasteiger partial charge >= 0.3 is 0 Å². The smallest absolute Gasteiger partial charge is 0.273 e. The van der Waals surface area contributed by atoms with E-state index in [4.69, 9.17) is 0 Å². The van der Waals surface area contributed by atoms with E-state index in [2.05, 4.69) is 19.3 Å². The highest BCUT2D eigenvalue weighted by molar-refractivity contribution is 7.92. The first-order valence-electron chi connectivity index (χ1n) is 9.59. The van der Waals surface area contributed by atoms with Crippen molar-refractivity contribution in [2.24, 2.45) is 0 Å². The lowest BCUT2D eigenvalue weighted by molar-refractivity contribution is -0.131. The zero-order chi connectivity index (χ0) is 20.6. The normalized spacial score (nSPS) is 19.2. The molecule has 0 radical (unpaired) electrons. The van der Waals surface area contributed by atoms with Gasteiger partial charge in [0.2, 0.25) is 15.9 Å². The van der Waals surface area contributed by atoms with Crippen LogP contribution in [0.15, 0.2) is 16.2 Å². The molecule has 1 saturated heterocycles. The fourth-order valence-corrected chi connectivity index (χ4v) is 5.62. The van der Waals surface area contributed by atoms with Gasteiger partial charge in [-0.1, -0.05) is 0 Å². The maximum Gasteiger partial charge on any atom is 0.273 e. The SMILES string of the molecule is CS(=O)(=O)Nc1nc(CC(=O)N2CCC[C@H](c3cc(=O)nc4n3CCC4)C2)cs1. The molecule has 1 atom stereocenters. The Morgan fingerprint density at radius 1 is 1.31 bits per heavy atom. The number of amides is 1. The molecule has 0 unspecified atom stereocenters. The highest BCUT2D eigenvalue weighted by Gasteiger charge is 2.28. The molecule has 156 valence electrons. The number of rotatable bonds is 5. The summed E-state index contributed by atoms with van der Waals surface area (Å²) in [6.07, 6.45) is 4.82. The Kier molecular flexibility index (Phi) is 5.43. The minimum absolute atomic E-state index is 0.0380. The van der Waals surface area contributed by atoms with Crippen molar-refractivity contribution in [2.75, 3.05) is 24.1 Å². The molecule has 0 saturated carbocycles. The van der Waals surface area contributed by atoms with Crippen molar-refractivity contribution in [3.63, 3.8) is 0 Å². The Labute approximate surface area is 172 Å². The second-order valence-electron chi connectivity index (χ2n) is 7.56. The van der Waals surface area contributed by atoms with Crippen LogP contribution in [0.25, 0.3) is 0 Å². The molecule has 4 heterocycles. The van der Waals surface area contributed by atoms with Gasteiger partial charge in [-0.2, -0.15) is 4.98 Å². The highest BCUT2D eigenvalue weighted by atomic mass is 32.2. The van der Waals surface area contributed by atoms with E-state index in [1.54, 1.807) is 11.4 Å². The number of nitrogens with zero attached hydrogens (tertiary/aromatic N) is 4. The number of fused-ring (bicyclic) bond motifs is 1. The van der Waals surface area contributed by atoms with Crippen molar-refractivity contribution in [1.29, 1.82) is 0 Å². The summed E-state index contributed by atoms with van der Waals surface area (Å²) in [4.78, 5) is 34.9. The van der Waals surface area contributed by atoms with Crippen LogP contribution in [-0.4, -0.2) is 53.1 Å². The van der Waals surface area contributed by atoms with Gasteiger partial charge in [-0.25, -0.2) is 13.4 Å². The lowest BCUT2D eigenvalue weighted by Gasteiger charge is -2.34. The number of aryl methyl sites for hydroxylation is 1. The first kappa shape index (κ1) is 20.0. The highest BCUT2D eigenvalue weighted by Crippen LogP contribution is 2.29. The summed E-state index contributed by atoms with van der Waals surface area (Å²) in [6.45, 7) is 2.12. The van der Waals surface area contributed by atoms with Crippen LogP contribution >= 0.6 is 11.3 Å². The van der Waals surface area contributed by atoms with Crippen LogP contribution in [0.4, 0.5) is 5.13 Å². The third kappa shape index (κ3) is 4.67. The number of nitrogens with one attached hydrogen (secondary N) is 1. The molecule has 1 fully saturated rings. The van der Waals surface area contributed by atoms with Gasteiger partial charge in [0.05, 0.1) is 18.4 Å². The van der Waals surface area contributed by atoms with Gasteiger partial charge in [-0.15, -0.1) is 11.3 Å². The Bertz CT molecular complexity index is 1090. The monoisotopic (exact) mass is 437 g/mol. The summed E-state index contributed by atoms with van der Waals surface area (Å²) in [5, 5.41) is 1.96. The Morgan fingerprint density at radius 2 is 2.14 bits per heavy atom. The average molecular weight is 438 g/mol. The van der Waals surface area contributed by atoms with Crippen LogP contribution in [0.5, 0.6) is 0 Å². The number of thiazole rings is 1. The van der Waals surface area contributed by atoms with Crippen LogP contribution in [-0.2, 0) is 34.2 Å². The standard InChI is InChI=1S/C18H23N5O4S2/c1-29(26,27)21-18-19-13(11-28-18)8-17(25)22-6-2-4-12(10-22)14-9-16(24)20-15-5-3-7-23(14)15/h9,11-12H,2-8,10H2,1H3,(H,19,21)/t12-/m0/s1. The molecule has 1 amide bonds. The molecule has 1 N–H and O–H groups in total. The first-order chi connectivity index (χ1) is 13.8. The Balaban J connectivity index is 1.45. The minimum Gasteiger partial charge on any atom is -0.342 e. The van der Waals surface area contributed by atoms with Gasteiger partial charge in [0, 0.05) is 49.1 Å². The van der Waals surface area contributed by atoms with E-state index in [0.717, 1.165) is 61.3 Å². The molecule has 29 heavy (non-hydrogen) atoms. The van der Waals surface area contributed by atoms with Crippen molar-refractivity contribution in [3.05, 3.63) is 39.0 Å². The topological polar surface area (TPSA) is 114 Å². The lowest BCUT2D eigenvalue weighted by atomic mass is 9.93. The molecular weight excluding hydrogens is 414 g/mol. The summed E-state index contributed by atoms with van der Waals surface area (Å²) in [7, 11) is -3.39. The second-order valence-corrected chi connectivity index (χ2v) is 10.2. The molecule has 0 bridgehead atoms. The summed E-state index contributed by atoms with van der Waals surface area (Å²) in [5.74, 6) is 0.937. The van der Waals surface area contributed by atoms with Gasteiger partial charge in [0.25, 0.3) is 5.56 Å². The number of anilines is 1. The number of hydrogen-bond acceptors (Lipinski definition) is 7. The van der Waals surface area contributed by atoms with Crippen molar-refractivity contribution in [3.8, 4) is 0 Å². The number of hydrogen-bond donors (Lipinski definition) is 1. The van der Waals surface area contributed by atoms with Crippen LogP contribution in [0.2, 0.25) is 0 Å². The third-order valence-corrected chi connectivity index (χ3v) is 6.77. The summed E-state index contributed by atoms with van der Waals surface area (Å²) < 4.78 is 27.1. The van der Waals surface area contributed by atoms with Gasteiger partial charge in [0.15, 0.2) is 5.13 Å². The summed E-state index contributed by atoms with van der Waals surface area (Å²) >= 11 is 1.16. The fraction of sp³-hybridized carbons (Fsp3) is 0.556. The number of aromatic nitrogens is 3. The van der Waals surface area contributed by atoms with E-state index >= 15 is 0 Å². The molecule has 11 heteroatoms. The van der Waals surface area contributed by atoms with Crippen LogP contribution in [0.1, 0.15) is 42.4 Å². The van der Waals surface area contributed by atoms with Crippen molar-refractivity contribution in [1.82, 2.24) is 19.4 Å². The van der Waals surface area contributed by atoms with E-state index in [0.29, 0.717) is 18.8 Å². The Morgan fingerprint density at radius 3 is 2.93 bits per heavy atom. The maximum atomic E-state index is 12.8. The third-order valence-electron chi connectivity index (χ3n) is 5.27. The number of carbonyl (C=O) groups is 1. The zero-order valence-electron chi connectivity index (χ0n) is 16.1. The van der Waals surface area contributed by atoms with E-state index in [1.807, 2.05) is 4.90 Å². The van der Waals surface area contributed by atoms with Crippen molar-refractivity contribution < 1.29 is 13.2 Å². The summed E-state index contributed by atoms with van der Waals surface area (Å²) in [6, 6.07) is 1.62. The molecule has 0 spiro atoms. The van der Waals surface area contributed by atoms with Gasteiger partial charge in [0.1, 0.15) is 5.82 Å². The molecule has 2 aromatic heterocycles. The molecule has 4 rings (SSSR count). The average Bonchev–Trinajstić information content (AvgIpc) is 3.29. The van der Waals surface area contributed by atoms with Crippen molar-refractivity contribution >= 4 is 32.4 Å². The summed E-state index contributed by atoms with van der Waals surface area (Å²) in [5.41, 5.74) is 1.34. The predicted octanol–water partition coefficient (Wildman–Crippen LogP) is 0.966. The van der Waals surface area contributed by atoms with E-state index in [1.165, 1.54) is 0 Å². The lowest BCUT2D eigenvalue weighted by Crippen LogP contribution is -2.41. The minimum atomic E-state index is -3.39. The predicted molar refractivity (Wildman–Crippen MR) is 110 cm³/mol. The quantitative estimate of drug-likeness (QED) is 0.745. The molecule has 0 aromatic carbocycles. The Hall–Kier alpha value is -2.27. The van der Waals surface area contributed by atoms with Gasteiger partial charge < -0.3 is 9.47 Å². The molecule has 0 aliphatic carbocycles. The first-order valence-corrected chi connectivity index (χ1v) is 12.4. The van der Waals surface area contributed by atoms with Crippen LogP contribution in [0.3, 0.4) is 0 Å². The van der Waals surface area contributed by atoms with Gasteiger partial charge in [-0.05, 0) is 19.3 Å². The van der Waals surface area contributed by atoms with E-state index in [-0.39, 0.29) is 28.9 Å². The molecule has 9 nitrogen and oxygen atoms in total. The van der Waals surface area contributed by atoms with Crippen molar-refractivity contribution in [2.45, 2.75) is 44.6 Å². The molecular formula is C18H23N5O4S2. The second kappa shape index (κ2) is 7.86. The van der Waals surface area contributed by atoms with Crippen LogP contribution in [0, 0.1) is 0 Å². The van der Waals surface area contributed by atoms with E-state index in [9.17, 15) is 18.0 Å². The number of piperidine rings is 1. The number of carbonyl (C=O) groups excluding carboxylic acids is 1.